The zero-order valence-corrected chi connectivity index (χ0v) is 11.5. The monoisotopic (exact) mass is 302 g/mol. The first-order valence-electron chi connectivity index (χ1n) is 6.61. The number of halogens is 3. The summed E-state index contributed by atoms with van der Waals surface area (Å²) in [4.78, 5) is 13.2. The van der Waals surface area contributed by atoms with Gasteiger partial charge in [-0.15, -0.1) is 0 Å². The minimum atomic E-state index is -4.40. The van der Waals surface area contributed by atoms with Crippen LogP contribution in [0.2, 0.25) is 0 Å². The van der Waals surface area contributed by atoms with Gasteiger partial charge in [0, 0.05) is 19.6 Å². The van der Waals surface area contributed by atoms with Crippen molar-refractivity contribution in [1.29, 1.82) is 0 Å². The summed E-state index contributed by atoms with van der Waals surface area (Å²) in [6.45, 7) is 0.322. The summed E-state index contributed by atoms with van der Waals surface area (Å²) in [6, 6.07) is 4.65. The Morgan fingerprint density at radius 1 is 1.48 bits per heavy atom. The Hall–Kier alpha value is -1.60. The molecule has 0 aliphatic carbocycles. The number of β-amino-alcohol motifs (C(OH)–C–C–N with tert-alkyl or cyclic N) is 1. The lowest BCUT2D eigenvalue weighted by atomic mass is 10.0. The summed E-state index contributed by atoms with van der Waals surface area (Å²) in [5, 5.41) is 12.2. The first-order valence-corrected chi connectivity index (χ1v) is 6.61. The van der Waals surface area contributed by atoms with Gasteiger partial charge in [-0.25, -0.2) is 0 Å². The fraction of sp³-hybridized carbons (Fsp3) is 0.500. The number of carbonyl (C=O) groups is 1. The average molecular weight is 302 g/mol. The number of likely N-dealkylation sites (N-methyl/N-ethyl adjacent to an activating group) is 1. The van der Waals surface area contributed by atoms with Gasteiger partial charge < -0.3 is 10.4 Å². The van der Waals surface area contributed by atoms with Gasteiger partial charge in [0.2, 0.25) is 5.91 Å². The highest BCUT2D eigenvalue weighted by Crippen LogP contribution is 2.35. The molecular weight excluding hydrogens is 285 g/mol. The van der Waals surface area contributed by atoms with E-state index in [9.17, 15) is 23.1 Å². The molecule has 0 spiro atoms. The van der Waals surface area contributed by atoms with E-state index in [1.54, 1.807) is 11.0 Å². The molecule has 0 unspecified atom stereocenters. The Bertz CT molecular complexity index is 519. The highest BCUT2D eigenvalue weighted by Gasteiger charge is 2.35. The number of nitrogens with zero attached hydrogens (tertiary/aromatic N) is 1. The second-order valence-electron chi connectivity index (χ2n) is 5.13. The maximum Gasteiger partial charge on any atom is 0.416 e. The fourth-order valence-electron chi connectivity index (χ4n) is 2.59. The number of carbonyl (C=O) groups excluding carboxylic acids is 1. The van der Waals surface area contributed by atoms with E-state index in [0.29, 0.717) is 12.0 Å². The second-order valence-corrected chi connectivity index (χ2v) is 5.13. The Kier molecular flexibility index (Phi) is 4.53. The highest BCUT2D eigenvalue weighted by atomic mass is 19.4. The molecule has 1 fully saturated rings. The highest BCUT2D eigenvalue weighted by molar-refractivity contribution is 5.77. The lowest BCUT2D eigenvalue weighted by Gasteiger charge is -2.24. The SMILES string of the molecule is CNC(=O)CN1C[C@H](O)C[C@@H]1c1cccc(C(F)(F)F)c1. The summed E-state index contributed by atoms with van der Waals surface area (Å²) in [7, 11) is 1.49. The van der Waals surface area contributed by atoms with Crippen LogP contribution in [0.4, 0.5) is 13.2 Å². The normalized spacial score (nSPS) is 23.3. The molecule has 1 amide bonds. The number of aliphatic hydroxyl groups is 1. The summed E-state index contributed by atoms with van der Waals surface area (Å²) in [5.74, 6) is -0.235. The molecule has 1 heterocycles. The van der Waals surface area contributed by atoms with Crippen LogP contribution in [0.3, 0.4) is 0 Å². The van der Waals surface area contributed by atoms with Crippen molar-refractivity contribution in [3.63, 3.8) is 0 Å². The van der Waals surface area contributed by atoms with Crippen molar-refractivity contribution in [2.45, 2.75) is 24.7 Å². The van der Waals surface area contributed by atoms with Crippen LogP contribution in [0.15, 0.2) is 24.3 Å². The number of alkyl halides is 3. The molecule has 1 aliphatic heterocycles. The molecule has 1 saturated heterocycles. The van der Waals surface area contributed by atoms with E-state index in [2.05, 4.69) is 5.32 Å². The van der Waals surface area contributed by atoms with Crippen LogP contribution < -0.4 is 5.32 Å². The molecular formula is C14H17F3N2O2. The number of hydrogen-bond acceptors (Lipinski definition) is 3. The maximum atomic E-state index is 12.8. The summed E-state index contributed by atoms with van der Waals surface area (Å²) >= 11 is 0. The Morgan fingerprint density at radius 3 is 2.81 bits per heavy atom. The van der Waals surface area contributed by atoms with Crippen LogP contribution in [-0.2, 0) is 11.0 Å². The Labute approximate surface area is 120 Å². The Morgan fingerprint density at radius 2 is 2.19 bits per heavy atom. The zero-order chi connectivity index (χ0) is 15.6. The molecule has 7 heteroatoms. The van der Waals surface area contributed by atoms with Gasteiger partial charge in [0.15, 0.2) is 0 Å². The maximum absolute atomic E-state index is 12.8. The van der Waals surface area contributed by atoms with Crippen LogP contribution in [0.25, 0.3) is 0 Å². The summed E-state index contributed by atoms with van der Waals surface area (Å²) < 4.78 is 38.3. The first-order chi connectivity index (χ1) is 9.81. The number of likely N-dealkylation sites (tertiary alicyclic amines) is 1. The van der Waals surface area contributed by atoms with Crippen molar-refractivity contribution >= 4 is 5.91 Å². The van der Waals surface area contributed by atoms with E-state index in [4.69, 9.17) is 0 Å². The molecule has 2 N–H and O–H groups in total. The van der Waals surface area contributed by atoms with Gasteiger partial charge in [-0.3, -0.25) is 9.69 Å². The van der Waals surface area contributed by atoms with Gasteiger partial charge in [0.1, 0.15) is 0 Å². The number of rotatable bonds is 3. The third kappa shape index (κ3) is 3.74. The van der Waals surface area contributed by atoms with Crippen molar-refractivity contribution in [1.82, 2.24) is 10.2 Å². The first kappa shape index (κ1) is 15.8. The van der Waals surface area contributed by atoms with Gasteiger partial charge in [0.25, 0.3) is 0 Å². The van der Waals surface area contributed by atoms with Gasteiger partial charge in [-0.1, -0.05) is 12.1 Å². The zero-order valence-electron chi connectivity index (χ0n) is 11.5. The molecule has 2 rings (SSSR count). The van der Waals surface area contributed by atoms with Crippen molar-refractivity contribution in [3.05, 3.63) is 35.4 Å². The van der Waals surface area contributed by atoms with Gasteiger partial charge in [-0.05, 0) is 24.1 Å². The number of amides is 1. The van der Waals surface area contributed by atoms with Gasteiger partial charge >= 0.3 is 6.18 Å². The predicted molar refractivity (Wildman–Crippen MR) is 70.4 cm³/mol. The van der Waals surface area contributed by atoms with Crippen LogP contribution >= 0.6 is 0 Å². The third-order valence-corrected chi connectivity index (χ3v) is 3.61. The minimum Gasteiger partial charge on any atom is -0.392 e. The average Bonchev–Trinajstić information content (AvgIpc) is 2.78. The molecule has 1 aromatic carbocycles. The molecule has 1 aliphatic rings. The smallest absolute Gasteiger partial charge is 0.392 e. The summed E-state index contributed by atoms with van der Waals surface area (Å²) in [6.07, 6.45) is -4.73. The van der Waals surface area contributed by atoms with E-state index in [-0.39, 0.29) is 25.0 Å². The van der Waals surface area contributed by atoms with Crippen molar-refractivity contribution in [2.24, 2.45) is 0 Å². The summed E-state index contributed by atoms with van der Waals surface area (Å²) in [5.41, 5.74) is -0.258. The van der Waals surface area contributed by atoms with Crippen LogP contribution in [0.1, 0.15) is 23.6 Å². The van der Waals surface area contributed by atoms with Crippen LogP contribution in [0.5, 0.6) is 0 Å². The van der Waals surface area contributed by atoms with Crippen LogP contribution in [-0.4, -0.2) is 42.2 Å². The Balaban J connectivity index is 2.24. The number of hydrogen-bond donors (Lipinski definition) is 2. The lowest BCUT2D eigenvalue weighted by molar-refractivity contribution is -0.137. The molecule has 21 heavy (non-hydrogen) atoms. The van der Waals surface area contributed by atoms with Crippen LogP contribution in [0, 0.1) is 0 Å². The topological polar surface area (TPSA) is 52.6 Å². The van der Waals surface area contributed by atoms with E-state index in [1.165, 1.54) is 13.1 Å². The quantitative estimate of drug-likeness (QED) is 0.891. The molecule has 0 bridgehead atoms. The van der Waals surface area contributed by atoms with Crippen molar-refractivity contribution in [3.8, 4) is 0 Å². The lowest BCUT2D eigenvalue weighted by Crippen LogP contribution is -2.36. The van der Waals surface area contributed by atoms with Gasteiger partial charge in [-0.2, -0.15) is 13.2 Å². The second kappa shape index (κ2) is 6.03. The van der Waals surface area contributed by atoms with E-state index in [0.717, 1.165) is 12.1 Å². The molecule has 0 saturated carbocycles. The van der Waals surface area contributed by atoms with E-state index >= 15 is 0 Å². The molecule has 0 aromatic heterocycles. The molecule has 2 atom stereocenters. The molecule has 4 nitrogen and oxygen atoms in total. The number of nitrogens with one attached hydrogen (secondary N) is 1. The van der Waals surface area contributed by atoms with Gasteiger partial charge in [0.05, 0.1) is 18.2 Å². The standard InChI is InChI=1S/C14H17F3N2O2/c1-18-13(21)8-19-7-11(20)6-12(19)9-3-2-4-10(5-9)14(15,16)17/h2-5,11-12,20H,6-8H2,1H3,(H,18,21)/t11-,12-/m1/s1. The predicted octanol–water partition coefficient (Wildman–Crippen LogP) is 1.56. The van der Waals surface area contributed by atoms with E-state index < -0.39 is 17.8 Å². The minimum absolute atomic E-state index is 0.0501. The largest absolute Gasteiger partial charge is 0.416 e. The number of benzene rings is 1. The molecule has 1 aromatic rings. The fourth-order valence-corrected chi connectivity index (χ4v) is 2.59. The van der Waals surface area contributed by atoms with Crippen molar-refractivity contribution in [2.75, 3.05) is 20.1 Å². The molecule has 116 valence electrons. The molecule has 0 radical (unpaired) electrons. The number of aliphatic hydroxyl groups excluding tert-OH is 1. The van der Waals surface area contributed by atoms with E-state index in [1.807, 2.05) is 0 Å². The van der Waals surface area contributed by atoms with Crippen molar-refractivity contribution < 1.29 is 23.1 Å². The third-order valence-electron chi connectivity index (χ3n) is 3.61.